The van der Waals surface area contributed by atoms with Gasteiger partial charge in [0.2, 0.25) is 0 Å². The van der Waals surface area contributed by atoms with Crippen LogP contribution in [-0.2, 0) is 18.6 Å². The molecule has 0 aromatic rings. The minimum Gasteiger partial charge on any atom is -0.381 e. The summed E-state index contributed by atoms with van der Waals surface area (Å²) in [6.45, 7) is 10.2. The van der Waals surface area contributed by atoms with Crippen LogP contribution < -0.4 is 11.0 Å². The van der Waals surface area contributed by atoms with E-state index < -0.39 is 15.0 Å². The second kappa shape index (κ2) is 12.0. The molecule has 6 N–H and O–H groups in total. The lowest BCUT2D eigenvalue weighted by Gasteiger charge is -2.25. The van der Waals surface area contributed by atoms with Crippen molar-refractivity contribution in [2.75, 3.05) is 38.8 Å². The predicted octanol–water partition coefficient (Wildman–Crippen LogP) is 3.31. The molecule has 0 aliphatic carbocycles. The molecule has 0 radical (unpaired) electrons. The van der Waals surface area contributed by atoms with Gasteiger partial charge in [-0.2, -0.15) is 0 Å². The summed E-state index contributed by atoms with van der Waals surface area (Å²) in [4.78, 5) is 18.5. The van der Waals surface area contributed by atoms with E-state index in [1.54, 1.807) is 0 Å². The van der Waals surface area contributed by atoms with Gasteiger partial charge in [0.1, 0.15) is 0 Å². The van der Waals surface area contributed by atoms with Crippen LogP contribution in [0.3, 0.4) is 0 Å². The maximum Gasteiger partial charge on any atom is 0.265 e. The van der Waals surface area contributed by atoms with Gasteiger partial charge in [-0.1, -0.05) is 27.7 Å². The summed E-state index contributed by atoms with van der Waals surface area (Å²) in [5, 5.41) is 0. The summed E-state index contributed by atoms with van der Waals surface area (Å²) in [5.74, 6) is 0. The fourth-order valence-corrected chi connectivity index (χ4v) is 5.93. The van der Waals surface area contributed by atoms with Crippen LogP contribution in [0.25, 0.3) is 0 Å². The van der Waals surface area contributed by atoms with E-state index >= 15 is 0 Å². The summed E-state index contributed by atoms with van der Waals surface area (Å²) in [6, 6.07) is 0. The highest BCUT2D eigenvalue weighted by Crippen LogP contribution is 2.41. The lowest BCUT2D eigenvalue weighted by Crippen LogP contribution is -2.20. The van der Waals surface area contributed by atoms with Crippen molar-refractivity contribution >= 4 is 15.0 Å². The molecule has 0 rings (SSSR count). The number of hydrogen-bond acceptors (Lipinski definition) is 4. The molecule has 0 fully saturated rings. The van der Waals surface area contributed by atoms with Gasteiger partial charge < -0.3 is 19.3 Å². The minimum absolute atomic E-state index is 0.117. The third-order valence-electron chi connectivity index (χ3n) is 4.17. The third-order valence-corrected chi connectivity index (χ3v) is 6.79. The molecule has 10 heteroatoms. The molecular formula is C17H40N2O6P2. The molecule has 0 saturated carbocycles. The van der Waals surface area contributed by atoms with Crippen LogP contribution >= 0.6 is 15.0 Å². The van der Waals surface area contributed by atoms with Gasteiger partial charge >= 0.3 is 0 Å². The van der Waals surface area contributed by atoms with E-state index in [2.05, 4.69) is 0 Å². The number of rotatable bonds is 16. The largest absolute Gasteiger partial charge is 0.381 e. The maximum absolute atomic E-state index is 11.3. The summed E-state index contributed by atoms with van der Waals surface area (Å²) in [6.07, 6.45) is 4.24. The van der Waals surface area contributed by atoms with Gasteiger partial charge in [-0.25, -0.2) is 0 Å². The Morgan fingerprint density at radius 3 is 1.30 bits per heavy atom. The second-order valence-corrected chi connectivity index (χ2v) is 12.6. The molecule has 0 aliphatic rings. The zero-order chi connectivity index (χ0) is 21.2. The topological polar surface area (TPSA) is 145 Å². The average Bonchev–Trinajstić information content (AvgIpc) is 2.39. The summed E-state index contributed by atoms with van der Waals surface area (Å²) in [7, 11) is -6.96. The lowest BCUT2D eigenvalue weighted by molar-refractivity contribution is 0.0746. The maximum atomic E-state index is 11.3. The normalized spacial score (nSPS) is 17.5. The van der Waals surface area contributed by atoms with E-state index in [9.17, 15) is 18.9 Å². The summed E-state index contributed by atoms with van der Waals surface area (Å²) < 4.78 is 33.7. The van der Waals surface area contributed by atoms with Gasteiger partial charge in [-0.3, -0.25) is 20.1 Å². The van der Waals surface area contributed by atoms with E-state index in [1.165, 1.54) is 0 Å². The number of hydrogen-bond donors (Lipinski definition) is 4. The Labute approximate surface area is 164 Å². The molecule has 8 nitrogen and oxygen atoms in total. The Morgan fingerprint density at radius 2 is 1.00 bits per heavy atom. The molecule has 0 amide bonds. The van der Waals surface area contributed by atoms with Crippen LogP contribution in [0.2, 0.25) is 0 Å². The Morgan fingerprint density at radius 1 is 0.704 bits per heavy atom. The molecule has 2 atom stereocenters. The highest BCUT2D eigenvalue weighted by molar-refractivity contribution is 7.55. The Balaban J connectivity index is 3.58. The Hall–Kier alpha value is 0.220. The van der Waals surface area contributed by atoms with Crippen LogP contribution in [0, 0.1) is 10.8 Å². The molecule has 164 valence electrons. The molecule has 27 heavy (non-hydrogen) atoms. The van der Waals surface area contributed by atoms with Crippen molar-refractivity contribution in [2.24, 2.45) is 21.8 Å². The van der Waals surface area contributed by atoms with Crippen LogP contribution in [0.4, 0.5) is 0 Å². The first-order chi connectivity index (χ1) is 12.1. The van der Waals surface area contributed by atoms with Crippen LogP contribution in [0.5, 0.6) is 0 Å². The highest BCUT2D eigenvalue weighted by Gasteiger charge is 2.27. The van der Waals surface area contributed by atoms with Crippen molar-refractivity contribution in [1.29, 1.82) is 0 Å². The summed E-state index contributed by atoms with van der Waals surface area (Å²) >= 11 is 0. The van der Waals surface area contributed by atoms with Crippen molar-refractivity contribution in [3.63, 3.8) is 0 Å². The zero-order valence-corrected chi connectivity index (χ0v) is 19.1. The fourth-order valence-electron chi connectivity index (χ4n) is 3.16. The van der Waals surface area contributed by atoms with Crippen molar-refractivity contribution in [3.8, 4) is 0 Å². The van der Waals surface area contributed by atoms with E-state index in [0.29, 0.717) is 26.4 Å². The Bertz CT molecular complexity index is 458. The van der Waals surface area contributed by atoms with E-state index in [1.807, 2.05) is 27.7 Å². The van der Waals surface area contributed by atoms with Gasteiger partial charge in [0.15, 0.2) is 0 Å². The first kappa shape index (κ1) is 27.2. The first-order valence-corrected chi connectivity index (χ1v) is 13.3. The summed E-state index contributed by atoms with van der Waals surface area (Å²) in [5.41, 5.74) is 9.92. The van der Waals surface area contributed by atoms with E-state index in [-0.39, 0.29) is 23.2 Å². The van der Waals surface area contributed by atoms with Crippen molar-refractivity contribution in [2.45, 2.75) is 59.8 Å². The van der Waals surface area contributed by atoms with Gasteiger partial charge in [0.25, 0.3) is 15.0 Å². The second-order valence-electron chi connectivity index (χ2n) is 8.94. The lowest BCUT2D eigenvalue weighted by atomic mass is 9.90. The van der Waals surface area contributed by atoms with E-state index in [4.69, 9.17) is 20.5 Å². The molecular weight excluding hydrogens is 390 g/mol. The molecule has 0 bridgehead atoms. The smallest absolute Gasteiger partial charge is 0.265 e. The molecule has 0 spiro atoms. The van der Waals surface area contributed by atoms with Gasteiger partial charge in [0.05, 0.1) is 0 Å². The average molecular weight is 430 g/mol. The molecule has 0 aromatic heterocycles. The molecule has 0 aliphatic heterocycles. The fraction of sp³-hybridized carbons (Fsp3) is 1.00. The van der Waals surface area contributed by atoms with Gasteiger partial charge in [0, 0.05) is 38.8 Å². The van der Waals surface area contributed by atoms with Gasteiger partial charge in [-0.05, 0) is 42.9 Å². The van der Waals surface area contributed by atoms with Gasteiger partial charge in [-0.15, -0.1) is 0 Å². The number of ether oxygens (including phenoxy) is 2. The zero-order valence-electron chi connectivity index (χ0n) is 17.4. The van der Waals surface area contributed by atoms with Crippen LogP contribution in [-0.4, -0.2) is 48.5 Å². The standard InChI is InChI=1S/C17H40N2O6P2/c1-16(2,14-26(18,20)21)8-5-10-24-12-7-13-25-11-6-9-17(3,4)15-27(19,22)23/h5-15H2,1-4H3,(H3,18,20,21)(H3,19,22,23). The number of nitrogens with two attached hydrogens (primary N) is 2. The highest BCUT2D eigenvalue weighted by atomic mass is 31.2. The van der Waals surface area contributed by atoms with Crippen LogP contribution in [0.1, 0.15) is 59.8 Å². The van der Waals surface area contributed by atoms with E-state index in [0.717, 1.165) is 32.1 Å². The monoisotopic (exact) mass is 430 g/mol. The van der Waals surface area contributed by atoms with Crippen molar-refractivity contribution in [1.82, 2.24) is 0 Å². The first-order valence-electron chi connectivity index (χ1n) is 9.48. The molecule has 0 saturated heterocycles. The molecule has 0 heterocycles. The SMILES string of the molecule is CC(C)(CCCOCCCOCCCC(C)(C)CP(N)(=O)O)CP(N)(=O)O. The predicted molar refractivity (Wildman–Crippen MR) is 110 cm³/mol. The third kappa shape index (κ3) is 19.3. The van der Waals surface area contributed by atoms with Crippen molar-refractivity contribution < 1.29 is 28.4 Å². The Kier molecular flexibility index (Phi) is 12.1. The minimum atomic E-state index is -3.48. The van der Waals surface area contributed by atoms with Crippen LogP contribution in [0.15, 0.2) is 0 Å². The quantitative estimate of drug-likeness (QED) is 0.216. The van der Waals surface area contributed by atoms with Crippen molar-refractivity contribution in [3.05, 3.63) is 0 Å². The molecule has 0 aromatic carbocycles. The molecule has 2 unspecified atom stereocenters.